The van der Waals surface area contributed by atoms with Gasteiger partial charge in [-0.15, -0.1) is 0 Å². The summed E-state index contributed by atoms with van der Waals surface area (Å²) in [7, 11) is 1.38. The van der Waals surface area contributed by atoms with Crippen LogP contribution in [0.15, 0.2) is 30.3 Å². The van der Waals surface area contributed by atoms with Crippen molar-refractivity contribution >= 4 is 12.1 Å². The third kappa shape index (κ3) is 6.27. The summed E-state index contributed by atoms with van der Waals surface area (Å²) >= 11 is 0. The van der Waals surface area contributed by atoms with Gasteiger partial charge in [0.05, 0.1) is 12.7 Å². The molecule has 6 nitrogen and oxygen atoms in total. The van der Waals surface area contributed by atoms with Gasteiger partial charge in [-0.1, -0.05) is 30.3 Å². The second-order valence-electron chi connectivity index (χ2n) is 4.63. The molecule has 0 bridgehead atoms. The minimum Gasteiger partial charge on any atom is -0.480 e. The van der Waals surface area contributed by atoms with E-state index in [1.54, 1.807) is 6.92 Å². The number of amides is 1. The third-order valence-electron chi connectivity index (χ3n) is 3.07. The van der Waals surface area contributed by atoms with Crippen molar-refractivity contribution in [3.63, 3.8) is 0 Å². The summed E-state index contributed by atoms with van der Waals surface area (Å²) in [5, 5.41) is 11.3. The Morgan fingerprint density at radius 3 is 2.52 bits per heavy atom. The number of methoxy groups -OCH3 is 1. The van der Waals surface area contributed by atoms with Crippen molar-refractivity contribution in [3.8, 4) is 0 Å². The highest BCUT2D eigenvalue weighted by atomic mass is 16.5. The van der Waals surface area contributed by atoms with Crippen molar-refractivity contribution in [2.75, 3.05) is 13.7 Å². The summed E-state index contributed by atoms with van der Waals surface area (Å²) in [6, 6.07) is 8.72. The minimum absolute atomic E-state index is 0.231. The third-order valence-corrected chi connectivity index (χ3v) is 3.07. The van der Waals surface area contributed by atoms with Gasteiger partial charge in [-0.05, 0) is 25.3 Å². The number of nitrogens with one attached hydrogen (secondary N) is 1. The van der Waals surface area contributed by atoms with Gasteiger partial charge in [0.1, 0.15) is 0 Å². The number of hydrogen-bond acceptors (Lipinski definition) is 4. The lowest BCUT2D eigenvalue weighted by Crippen LogP contribution is -2.48. The molecule has 116 valence electrons. The van der Waals surface area contributed by atoms with E-state index in [4.69, 9.17) is 14.6 Å². The molecule has 0 aromatic heterocycles. The molecule has 21 heavy (non-hydrogen) atoms. The lowest BCUT2D eigenvalue weighted by molar-refractivity contribution is -0.142. The van der Waals surface area contributed by atoms with Crippen molar-refractivity contribution in [3.05, 3.63) is 35.9 Å². The van der Waals surface area contributed by atoms with Crippen molar-refractivity contribution in [2.24, 2.45) is 0 Å². The molecule has 1 amide bonds. The van der Waals surface area contributed by atoms with Gasteiger partial charge in [-0.25, -0.2) is 9.59 Å². The van der Waals surface area contributed by atoms with E-state index in [1.165, 1.54) is 7.11 Å². The normalized spacial score (nSPS) is 13.2. The highest BCUT2D eigenvalue weighted by Crippen LogP contribution is 2.03. The van der Waals surface area contributed by atoms with Crippen LogP contribution in [0.3, 0.4) is 0 Å². The van der Waals surface area contributed by atoms with Crippen LogP contribution in [0.2, 0.25) is 0 Å². The molecule has 0 heterocycles. The van der Waals surface area contributed by atoms with Crippen molar-refractivity contribution in [1.82, 2.24) is 5.32 Å². The number of benzene rings is 1. The monoisotopic (exact) mass is 295 g/mol. The number of carboxylic acid groups (broad SMARTS) is 1. The topological polar surface area (TPSA) is 84.9 Å². The van der Waals surface area contributed by atoms with E-state index in [-0.39, 0.29) is 6.61 Å². The second-order valence-corrected chi connectivity index (χ2v) is 4.63. The average Bonchev–Trinajstić information content (AvgIpc) is 2.49. The van der Waals surface area contributed by atoms with E-state index in [1.807, 2.05) is 30.3 Å². The standard InChI is InChI=1S/C15H21NO5/c1-11(20-2)13(14(17)18)16-15(19)21-10-6-9-12-7-4-3-5-8-12/h3-5,7-8,11,13H,6,9-10H2,1-2H3,(H,16,19)(H,17,18). The number of carbonyl (C=O) groups excluding carboxylic acids is 1. The Morgan fingerprint density at radius 1 is 1.29 bits per heavy atom. The van der Waals surface area contributed by atoms with Gasteiger partial charge in [-0.2, -0.15) is 0 Å². The SMILES string of the molecule is COC(C)C(NC(=O)OCCCc1ccccc1)C(=O)O. The van der Waals surface area contributed by atoms with Crippen molar-refractivity contribution < 1.29 is 24.2 Å². The number of aryl methyl sites for hydroxylation is 1. The van der Waals surface area contributed by atoms with Crippen LogP contribution in [0.4, 0.5) is 4.79 Å². The molecule has 0 aliphatic rings. The van der Waals surface area contributed by atoms with Crippen molar-refractivity contribution in [1.29, 1.82) is 0 Å². The zero-order chi connectivity index (χ0) is 15.7. The minimum atomic E-state index is -1.16. The molecule has 1 rings (SSSR count). The highest BCUT2D eigenvalue weighted by Gasteiger charge is 2.26. The van der Waals surface area contributed by atoms with E-state index in [0.29, 0.717) is 6.42 Å². The summed E-state index contributed by atoms with van der Waals surface area (Å²) < 4.78 is 9.88. The fraction of sp³-hybridized carbons (Fsp3) is 0.467. The zero-order valence-electron chi connectivity index (χ0n) is 12.2. The quantitative estimate of drug-likeness (QED) is 0.715. The van der Waals surface area contributed by atoms with Crippen molar-refractivity contribution in [2.45, 2.75) is 31.9 Å². The molecular formula is C15H21NO5. The summed E-state index contributed by atoms with van der Waals surface area (Å²) in [6.07, 6.45) is 0.0821. The second kappa shape index (κ2) is 8.97. The van der Waals surface area contributed by atoms with Gasteiger partial charge in [0.2, 0.25) is 0 Å². The van der Waals surface area contributed by atoms with Crippen LogP contribution in [0.1, 0.15) is 18.9 Å². The van der Waals surface area contributed by atoms with Crippen LogP contribution < -0.4 is 5.32 Å². The molecule has 0 aliphatic carbocycles. The number of ether oxygens (including phenoxy) is 2. The molecule has 1 aromatic rings. The molecule has 0 radical (unpaired) electrons. The molecule has 0 fully saturated rings. The first-order valence-electron chi connectivity index (χ1n) is 6.77. The molecular weight excluding hydrogens is 274 g/mol. The van der Waals surface area contributed by atoms with E-state index in [9.17, 15) is 9.59 Å². The molecule has 0 spiro atoms. The summed E-state index contributed by atoms with van der Waals surface area (Å²) in [5.41, 5.74) is 1.16. The van der Waals surface area contributed by atoms with Crippen LogP contribution in [-0.2, 0) is 20.7 Å². The van der Waals surface area contributed by atoms with Gasteiger partial charge in [0.15, 0.2) is 6.04 Å². The largest absolute Gasteiger partial charge is 0.480 e. The number of aliphatic carboxylic acids is 1. The maximum atomic E-state index is 11.5. The van der Waals surface area contributed by atoms with Crippen LogP contribution in [0, 0.1) is 0 Å². The molecule has 2 unspecified atom stereocenters. The molecule has 0 saturated heterocycles. The fourth-order valence-electron chi connectivity index (χ4n) is 1.77. The molecule has 2 atom stereocenters. The predicted octanol–water partition coefficient (Wildman–Crippen LogP) is 1.83. The predicted molar refractivity (Wildman–Crippen MR) is 77.1 cm³/mol. The fourth-order valence-corrected chi connectivity index (χ4v) is 1.77. The maximum Gasteiger partial charge on any atom is 0.407 e. The Labute approximate surface area is 124 Å². The summed E-state index contributed by atoms with van der Waals surface area (Å²) in [6.45, 7) is 1.79. The average molecular weight is 295 g/mol. The van der Waals surface area contributed by atoms with E-state index >= 15 is 0 Å². The Bertz CT molecular complexity index is 449. The van der Waals surface area contributed by atoms with Gasteiger partial charge >= 0.3 is 12.1 Å². The maximum absolute atomic E-state index is 11.5. The van der Waals surface area contributed by atoms with E-state index in [0.717, 1.165) is 12.0 Å². The molecule has 1 aromatic carbocycles. The number of carbonyl (C=O) groups is 2. The summed E-state index contributed by atoms with van der Waals surface area (Å²) in [5.74, 6) is -1.16. The van der Waals surface area contributed by atoms with Crippen LogP contribution in [-0.4, -0.2) is 43.0 Å². The Kier molecular flexibility index (Phi) is 7.25. The lowest BCUT2D eigenvalue weighted by atomic mass is 10.1. The Hall–Kier alpha value is -2.08. The number of carboxylic acids is 1. The van der Waals surface area contributed by atoms with E-state index < -0.39 is 24.2 Å². The van der Waals surface area contributed by atoms with Gasteiger partial charge in [0.25, 0.3) is 0 Å². The Balaban J connectivity index is 2.28. The van der Waals surface area contributed by atoms with Crippen LogP contribution in [0.5, 0.6) is 0 Å². The first kappa shape index (κ1) is 17.0. The van der Waals surface area contributed by atoms with Gasteiger partial charge < -0.3 is 19.9 Å². The Morgan fingerprint density at radius 2 is 1.95 bits per heavy atom. The molecule has 6 heteroatoms. The first-order chi connectivity index (χ1) is 10.0. The molecule has 0 aliphatic heterocycles. The molecule has 0 saturated carbocycles. The van der Waals surface area contributed by atoms with Gasteiger partial charge in [-0.3, -0.25) is 0 Å². The van der Waals surface area contributed by atoms with Crippen LogP contribution >= 0.6 is 0 Å². The smallest absolute Gasteiger partial charge is 0.407 e. The lowest BCUT2D eigenvalue weighted by Gasteiger charge is -2.19. The number of hydrogen-bond donors (Lipinski definition) is 2. The van der Waals surface area contributed by atoms with E-state index in [2.05, 4.69) is 5.32 Å². The highest BCUT2D eigenvalue weighted by molar-refractivity contribution is 5.80. The number of rotatable bonds is 8. The first-order valence-corrected chi connectivity index (χ1v) is 6.77. The number of alkyl carbamates (subject to hydrolysis) is 1. The molecule has 2 N–H and O–H groups in total. The van der Waals surface area contributed by atoms with Crippen LogP contribution in [0.25, 0.3) is 0 Å². The summed E-state index contributed by atoms with van der Waals surface area (Å²) in [4.78, 5) is 22.5. The zero-order valence-corrected chi connectivity index (χ0v) is 12.2. The van der Waals surface area contributed by atoms with Gasteiger partial charge in [0, 0.05) is 7.11 Å².